The average molecular weight is 311 g/mol. The lowest BCUT2D eigenvalue weighted by atomic mass is 10.2. The SMILES string of the molecule is O=C(NCc1ccc(-n2ccc(C(F)(F)F)n2)cc1)C1CO1. The Morgan fingerprint density at radius 1 is 1.32 bits per heavy atom. The molecule has 1 saturated heterocycles. The molecule has 1 unspecified atom stereocenters. The number of nitrogens with zero attached hydrogens (tertiary/aromatic N) is 2. The Kier molecular flexibility index (Phi) is 3.61. The number of amides is 1. The molecule has 1 atom stereocenters. The van der Waals surface area contributed by atoms with E-state index in [4.69, 9.17) is 4.74 Å². The van der Waals surface area contributed by atoms with Crippen LogP contribution in [-0.2, 0) is 22.3 Å². The van der Waals surface area contributed by atoms with Gasteiger partial charge in [0.15, 0.2) is 11.8 Å². The molecule has 1 fully saturated rings. The van der Waals surface area contributed by atoms with Crippen molar-refractivity contribution in [3.63, 3.8) is 0 Å². The predicted molar refractivity (Wildman–Crippen MR) is 70.2 cm³/mol. The monoisotopic (exact) mass is 311 g/mol. The quantitative estimate of drug-likeness (QED) is 0.878. The van der Waals surface area contributed by atoms with Gasteiger partial charge in [-0.2, -0.15) is 18.3 Å². The molecule has 0 aliphatic carbocycles. The molecular weight excluding hydrogens is 299 g/mol. The lowest BCUT2D eigenvalue weighted by Crippen LogP contribution is -2.27. The third kappa shape index (κ3) is 3.28. The van der Waals surface area contributed by atoms with Gasteiger partial charge < -0.3 is 10.1 Å². The summed E-state index contributed by atoms with van der Waals surface area (Å²) in [5.74, 6) is -0.161. The van der Waals surface area contributed by atoms with E-state index in [1.807, 2.05) is 0 Å². The van der Waals surface area contributed by atoms with Gasteiger partial charge in [0.2, 0.25) is 0 Å². The summed E-state index contributed by atoms with van der Waals surface area (Å²) in [5, 5.41) is 6.20. The third-order valence-corrected chi connectivity index (χ3v) is 3.17. The number of aromatic nitrogens is 2. The molecule has 0 radical (unpaired) electrons. The van der Waals surface area contributed by atoms with E-state index in [1.165, 1.54) is 6.20 Å². The molecule has 5 nitrogen and oxygen atoms in total. The van der Waals surface area contributed by atoms with Gasteiger partial charge in [-0.05, 0) is 23.8 Å². The van der Waals surface area contributed by atoms with E-state index >= 15 is 0 Å². The first-order chi connectivity index (χ1) is 10.4. The highest BCUT2D eigenvalue weighted by Crippen LogP contribution is 2.27. The van der Waals surface area contributed by atoms with Gasteiger partial charge in [-0.3, -0.25) is 4.79 Å². The van der Waals surface area contributed by atoms with Crippen molar-refractivity contribution in [2.75, 3.05) is 6.61 Å². The van der Waals surface area contributed by atoms with E-state index in [1.54, 1.807) is 24.3 Å². The highest BCUT2D eigenvalue weighted by atomic mass is 19.4. The fraction of sp³-hybridized carbons (Fsp3) is 0.286. The number of carbonyl (C=O) groups is 1. The first kappa shape index (κ1) is 14.6. The van der Waals surface area contributed by atoms with Crippen molar-refractivity contribution in [1.82, 2.24) is 15.1 Å². The summed E-state index contributed by atoms with van der Waals surface area (Å²) >= 11 is 0. The molecule has 0 bridgehead atoms. The van der Waals surface area contributed by atoms with E-state index in [0.29, 0.717) is 18.8 Å². The Morgan fingerprint density at radius 3 is 2.55 bits per heavy atom. The number of nitrogens with one attached hydrogen (secondary N) is 1. The minimum Gasteiger partial charge on any atom is -0.363 e. The first-order valence-corrected chi connectivity index (χ1v) is 6.55. The largest absolute Gasteiger partial charge is 0.435 e. The Bertz CT molecular complexity index is 675. The van der Waals surface area contributed by atoms with Gasteiger partial charge in [-0.15, -0.1) is 0 Å². The number of carbonyl (C=O) groups excluding carboxylic acids is 1. The van der Waals surface area contributed by atoms with Gasteiger partial charge in [0, 0.05) is 12.7 Å². The number of hydrogen-bond donors (Lipinski definition) is 1. The normalized spacial score (nSPS) is 17.3. The van der Waals surface area contributed by atoms with Crippen LogP contribution in [-0.4, -0.2) is 28.4 Å². The van der Waals surface area contributed by atoms with E-state index in [9.17, 15) is 18.0 Å². The number of ether oxygens (including phenoxy) is 1. The van der Waals surface area contributed by atoms with Crippen LogP contribution in [0.5, 0.6) is 0 Å². The summed E-state index contributed by atoms with van der Waals surface area (Å²) in [5.41, 5.74) is 0.408. The second-order valence-electron chi connectivity index (χ2n) is 4.85. The van der Waals surface area contributed by atoms with Crippen molar-refractivity contribution in [2.45, 2.75) is 18.8 Å². The van der Waals surface area contributed by atoms with Crippen LogP contribution in [0.1, 0.15) is 11.3 Å². The van der Waals surface area contributed by atoms with Crippen molar-refractivity contribution in [3.05, 3.63) is 47.8 Å². The van der Waals surface area contributed by atoms with Crippen LogP contribution in [0.4, 0.5) is 13.2 Å². The van der Waals surface area contributed by atoms with Crippen LogP contribution >= 0.6 is 0 Å². The zero-order chi connectivity index (χ0) is 15.7. The molecule has 116 valence electrons. The molecular formula is C14H12F3N3O2. The summed E-state index contributed by atoms with van der Waals surface area (Å²) in [7, 11) is 0. The molecule has 1 N–H and O–H groups in total. The smallest absolute Gasteiger partial charge is 0.363 e. The molecule has 2 heterocycles. The molecule has 0 spiro atoms. The number of alkyl halides is 3. The fourth-order valence-corrected chi connectivity index (χ4v) is 1.89. The minimum absolute atomic E-state index is 0.161. The molecule has 1 aliphatic rings. The standard InChI is InChI=1S/C14H12F3N3O2/c15-14(16,17)12-5-6-20(19-12)10-3-1-9(2-4-10)7-18-13(21)11-8-22-11/h1-6,11H,7-8H2,(H,18,21). The second-order valence-corrected chi connectivity index (χ2v) is 4.85. The highest BCUT2D eigenvalue weighted by Gasteiger charge is 2.33. The molecule has 0 saturated carbocycles. The Labute approximate surface area is 123 Å². The van der Waals surface area contributed by atoms with Crippen molar-refractivity contribution in [2.24, 2.45) is 0 Å². The van der Waals surface area contributed by atoms with Crippen LogP contribution in [0.15, 0.2) is 36.5 Å². The molecule has 3 rings (SSSR count). The molecule has 1 amide bonds. The van der Waals surface area contributed by atoms with Gasteiger partial charge in [-0.1, -0.05) is 12.1 Å². The molecule has 2 aromatic rings. The summed E-state index contributed by atoms with van der Waals surface area (Å²) in [6.07, 6.45) is -3.55. The summed E-state index contributed by atoms with van der Waals surface area (Å²) in [6.45, 7) is 0.789. The van der Waals surface area contributed by atoms with E-state index < -0.39 is 11.9 Å². The summed E-state index contributed by atoms with van der Waals surface area (Å²) in [6, 6.07) is 7.64. The van der Waals surface area contributed by atoms with Crippen molar-refractivity contribution in [1.29, 1.82) is 0 Å². The number of rotatable bonds is 4. The van der Waals surface area contributed by atoms with E-state index in [-0.39, 0.29) is 12.0 Å². The van der Waals surface area contributed by atoms with Gasteiger partial charge in [-0.25, -0.2) is 4.68 Å². The maximum absolute atomic E-state index is 12.5. The Balaban J connectivity index is 1.65. The maximum atomic E-state index is 12.5. The maximum Gasteiger partial charge on any atom is 0.435 e. The molecule has 1 aromatic carbocycles. The number of halogens is 3. The van der Waals surface area contributed by atoms with Crippen molar-refractivity contribution < 1.29 is 22.7 Å². The van der Waals surface area contributed by atoms with Crippen LogP contribution in [0.3, 0.4) is 0 Å². The zero-order valence-corrected chi connectivity index (χ0v) is 11.3. The number of epoxide rings is 1. The van der Waals surface area contributed by atoms with Crippen LogP contribution in [0, 0.1) is 0 Å². The third-order valence-electron chi connectivity index (χ3n) is 3.17. The summed E-state index contributed by atoms with van der Waals surface area (Å²) in [4.78, 5) is 11.4. The van der Waals surface area contributed by atoms with Crippen LogP contribution in [0.25, 0.3) is 5.69 Å². The van der Waals surface area contributed by atoms with Gasteiger partial charge in [0.25, 0.3) is 5.91 Å². The van der Waals surface area contributed by atoms with Crippen molar-refractivity contribution >= 4 is 5.91 Å². The Morgan fingerprint density at radius 2 is 2.00 bits per heavy atom. The second kappa shape index (κ2) is 5.45. The minimum atomic E-state index is -4.46. The number of hydrogen-bond acceptors (Lipinski definition) is 3. The first-order valence-electron chi connectivity index (χ1n) is 6.55. The lowest BCUT2D eigenvalue weighted by Gasteiger charge is -2.06. The predicted octanol–water partition coefficient (Wildman–Crippen LogP) is 1.91. The van der Waals surface area contributed by atoms with E-state index in [2.05, 4.69) is 10.4 Å². The molecule has 8 heteroatoms. The molecule has 22 heavy (non-hydrogen) atoms. The summed E-state index contributed by atoms with van der Waals surface area (Å²) < 4.78 is 43.5. The van der Waals surface area contributed by atoms with Gasteiger partial charge in [0.05, 0.1) is 12.3 Å². The molecule has 1 aromatic heterocycles. The highest BCUT2D eigenvalue weighted by molar-refractivity contribution is 5.82. The zero-order valence-electron chi connectivity index (χ0n) is 11.3. The topological polar surface area (TPSA) is 59.5 Å². The number of benzene rings is 1. The van der Waals surface area contributed by atoms with Gasteiger partial charge >= 0.3 is 6.18 Å². The van der Waals surface area contributed by atoms with Crippen molar-refractivity contribution in [3.8, 4) is 5.69 Å². The molecule has 1 aliphatic heterocycles. The Hall–Kier alpha value is -2.35. The van der Waals surface area contributed by atoms with Crippen LogP contribution < -0.4 is 5.32 Å². The van der Waals surface area contributed by atoms with Crippen LogP contribution in [0.2, 0.25) is 0 Å². The lowest BCUT2D eigenvalue weighted by molar-refractivity contribution is -0.141. The fourth-order valence-electron chi connectivity index (χ4n) is 1.89. The van der Waals surface area contributed by atoms with E-state index in [0.717, 1.165) is 16.3 Å². The average Bonchev–Trinajstić information content (AvgIpc) is 3.21. The van der Waals surface area contributed by atoms with Gasteiger partial charge in [0.1, 0.15) is 0 Å².